The molecule has 1 saturated heterocycles. The Labute approximate surface area is 188 Å². The molecule has 2 N–H and O–H groups in total. The molecule has 1 aliphatic rings. The number of rotatable bonds is 6. The summed E-state index contributed by atoms with van der Waals surface area (Å²) in [6.07, 6.45) is 6.04. The first-order valence-corrected chi connectivity index (χ1v) is 9.84. The maximum Gasteiger partial charge on any atom is 0.252 e. The quantitative estimate of drug-likeness (QED) is 0.593. The zero-order chi connectivity index (χ0) is 19.3. The topological polar surface area (TPSA) is 83.3 Å². The Bertz CT molecular complexity index is 1000. The van der Waals surface area contributed by atoms with Crippen molar-refractivity contribution in [1.29, 1.82) is 0 Å². The highest BCUT2D eigenvalue weighted by atomic mass is 35.5. The van der Waals surface area contributed by atoms with Crippen molar-refractivity contribution in [3.05, 3.63) is 52.9 Å². The summed E-state index contributed by atoms with van der Waals surface area (Å²) in [5.41, 5.74) is 2.59. The van der Waals surface area contributed by atoms with Crippen molar-refractivity contribution in [2.45, 2.75) is 32.2 Å². The third kappa shape index (κ3) is 5.41. The highest BCUT2D eigenvalue weighted by molar-refractivity contribution is 5.85. The molecule has 3 heterocycles. The molecule has 0 amide bonds. The number of piperidine rings is 1. The summed E-state index contributed by atoms with van der Waals surface area (Å²) in [5.74, 6) is 0.446. The van der Waals surface area contributed by atoms with Gasteiger partial charge in [-0.25, -0.2) is 4.98 Å². The minimum absolute atomic E-state index is 0. The Morgan fingerprint density at radius 1 is 1.00 bits per heavy atom. The van der Waals surface area contributed by atoms with Crippen molar-refractivity contribution in [2.24, 2.45) is 0 Å². The van der Waals surface area contributed by atoms with Gasteiger partial charge in [-0.15, -0.1) is 24.8 Å². The number of aliphatic hydroxyl groups excluding tert-OH is 1. The maximum atomic E-state index is 12.2. The fourth-order valence-electron chi connectivity index (χ4n) is 3.61. The van der Waals surface area contributed by atoms with Gasteiger partial charge in [0.15, 0.2) is 0 Å². The largest absolute Gasteiger partial charge is 0.396 e. The molecule has 1 aliphatic heterocycles. The molecule has 0 bridgehead atoms. The number of nitrogens with one attached hydrogen (secondary N) is 1. The number of fused-ring (bicyclic) bond motifs is 1. The van der Waals surface area contributed by atoms with Crippen molar-refractivity contribution >= 4 is 53.2 Å². The number of halogens is 2. The molecule has 3 aromatic rings. The average Bonchev–Trinajstić information content (AvgIpc) is 2.74. The van der Waals surface area contributed by atoms with Crippen LogP contribution in [0.25, 0.3) is 11.0 Å². The van der Waals surface area contributed by atoms with E-state index in [0.29, 0.717) is 24.6 Å². The molecule has 0 atom stereocenters. The molecule has 1 fully saturated rings. The van der Waals surface area contributed by atoms with Gasteiger partial charge in [0.2, 0.25) is 5.95 Å². The van der Waals surface area contributed by atoms with Gasteiger partial charge in [0, 0.05) is 55.3 Å². The molecule has 4 rings (SSSR count). The number of aryl methyl sites for hydroxylation is 1. The van der Waals surface area contributed by atoms with E-state index in [0.717, 1.165) is 24.2 Å². The van der Waals surface area contributed by atoms with E-state index in [9.17, 15) is 4.79 Å². The molecule has 7 nitrogen and oxygen atoms in total. The first-order chi connectivity index (χ1) is 13.7. The van der Waals surface area contributed by atoms with E-state index < -0.39 is 0 Å². The van der Waals surface area contributed by atoms with E-state index >= 15 is 0 Å². The van der Waals surface area contributed by atoms with Crippen LogP contribution in [0.3, 0.4) is 0 Å². The average molecular weight is 452 g/mol. The Hall–Kier alpha value is -2.35. The number of hydrogen-bond donors (Lipinski definition) is 2. The van der Waals surface area contributed by atoms with Gasteiger partial charge in [0.25, 0.3) is 5.56 Å². The van der Waals surface area contributed by atoms with Crippen molar-refractivity contribution in [1.82, 2.24) is 14.5 Å². The highest BCUT2D eigenvalue weighted by Gasteiger charge is 2.11. The number of nitrogens with zero attached hydrogens (tertiary/aromatic N) is 4. The second-order valence-electron chi connectivity index (χ2n) is 7.09. The minimum Gasteiger partial charge on any atom is -0.396 e. The molecule has 162 valence electrons. The van der Waals surface area contributed by atoms with Crippen LogP contribution in [0.4, 0.5) is 17.3 Å². The second kappa shape index (κ2) is 11.2. The van der Waals surface area contributed by atoms with Crippen LogP contribution in [0.15, 0.2) is 47.4 Å². The van der Waals surface area contributed by atoms with Crippen molar-refractivity contribution in [3.63, 3.8) is 0 Å². The predicted octanol–water partition coefficient (Wildman–Crippen LogP) is 3.75. The van der Waals surface area contributed by atoms with E-state index in [1.807, 2.05) is 12.1 Å². The van der Waals surface area contributed by atoms with Gasteiger partial charge in [-0.05, 0) is 56.0 Å². The third-order valence-corrected chi connectivity index (χ3v) is 5.11. The first-order valence-electron chi connectivity index (χ1n) is 9.84. The van der Waals surface area contributed by atoms with Crippen LogP contribution in [0.1, 0.15) is 25.7 Å². The summed E-state index contributed by atoms with van der Waals surface area (Å²) in [6, 6.07) is 11.5. The van der Waals surface area contributed by atoms with E-state index in [2.05, 4.69) is 32.3 Å². The molecule has 0 aliphatic carbocycles. The molecule has 0 unspecified atom stereocenters. The zero-order valence-corrected chi connectivity index (χ0v) is 18.3. The van der Waals surface area contributed by atoms with Gasteiger partial charge in [-0.1, -0.05) is 0 Å². The van der Waals surface area contributed by atoms with Crippen molar-refractivity contribution < 1.29 is 5.11 Å². The normalized spacial score (nSPS) is 13.4. The number of hydrogen-bond acceptors (Lipinski definition) is 6. The third-order valence-electron chi connectivity index (χ3n) is 5.11. The monoisotopic (exact) mass is 451 g/mol. The standard InChI is InChI=1S/C21H25N5O2.2ClH/c27-14-4-13-26-19(28)10-5-16-15-22-21(24-20(16)26)23-17-6-8-18(9-7-17)25-11-2-1-3-12-25;;/h5-10,15,27H,1-4,11-14H2,(H,22,23,24);2*1H. The molecule has 0 radical (unpaired) electrons. The number of aliphatic hydroxyl groups is 1. The predicted molar refractivity (Wildman–Crippen MR) is 126 cm³/mol. The number of pyridine rings is 1. The molecule has 9 heteroatoms. The summed E-state index contributed by atoms with van der Waals surface area (Å²) < 4.78 is 1.58. The van der Waals surface area contributed by atoms with E-state index in [1.54, 1.807) is 16.8 Å². The van der Waals surface area contributed by atoms with Crippen LogP contribution >= 0.6 is 24.8 Å². The molecular formula is C21H27Cl2N5O2. The molecule has 30 heavy (non-hydrogen) atoms. The summed E-state index contributed by atoms with van der Waals surface area (Å²) in [4.78, 5) is 23.5. The van der Waals surface area contributed by atoms with Crippen LogP contribution < -0.4 is 15.8 Å². The fourth-order valence-corrected chi connectivity index (χ4v) is 3.61. The Morgan fingerprint density at radius 3 is 2.43 bits per heavy atom. The minimum atomic E-state index is -0.128. The summed E-state index contributed by atoms with van der Waals surface area (Å²) in [6.45, 7) is 2.69. The van der Waals surface area contributed by atoms with Crippen LogP contribution in [0, 0.1) is 0 Å². The Morgan fingerprint density at radius 2 is 1.73 bits per heavy atom. The number of anilines is 3. The Kier molecular flexibility index (Phi) is 8.89. The van der Waals surface area contributed by atoms with E-state index in [-0.39, 0.29) is 37.0 Å². The first kappa shape index (κ1) is 23.9. The molecule has 0 spiro atoms. The van der Waals surface area contributed by atoms with E-state index in [1.165, 1.54) is 31.0 Å². The summed E-state index contributed by atoms with van der Waals surface area (Å²) >= 11 is 0. The van der Waals surface area contributed by atoms with E-state index in [4.69, 9.17) is 5.11 Å². The van der Waals surface area contributed by atoms with Gasteiger partial charge in [0.1, 0.15) is 5.65 Å². The van der Waals surface area contributed by atoms with Gasteiger partial charge in [-0.3, -0.25) is 9.36 Å². The fraction of sp³-hybridized carbons (Fsp3) is 0.381. The molecule has 0 saturated carbocycles. The maximum absolute atomic E-state index is 12.2. The Balaban J connectivity index is 0.00000160. The van der Waals surface area contributed by atoms with Gasteiger partial charge >= 0.3 is 0 Å². The lowest BCUT2D eigenvalue weighted by atomic mass is 10.1. The summed E-state index contributed by atoms with van der Waals surface area (Å²) in [5, 5.41) is 13.1. The second-order valence-corrected chi connectivity index (χ2v) is 7.09. The van der Waals surface area contributed by atoms with Crippen LogP contribution in [0.5, 0.6) is 0 Å². The lowest BCUT2D eigenvalue weighted by Crippen LogP contribution is -2.29. The molecular weight excluding hydrogens is 425 g/mol. The lowest BCUT2D eigenvalue weighted by Gasteiger charge is -2.28. The zero-order valence-electron chi connectivity index (χ0n) is 16.7. The number of benzene rings is 1. The van der Waals surface area contributed by atoms with Gasteiger partial charge < -0.3 is 15.3 Å². The highest BCUT2D eigenvalue weighted by Crippen LogP contribution is 2.23. The van der Waals surface area contributed by atoms with Gasteiger partial charge in [-0.2, -0.15) is 4.98 Å². The van der Waals surface area contributed by atoms with Crippen molar-refractivity contribution in [3.8, 4) is 0 Å². The molecule has 1 aromatic carbocycles. The van der Waals surface area contributed by atoms with Crippen LogP contribution in [-0.4, -0.2) is 39.3 Å². The summed E-state index contributed by atoms with van der Waals surface area (Å²) in [7, 11) is 0. The molecule has 2 aromatic heterocycles. The van der Waals surface area contributed by atoms with Gasteiger partial charge in [0.05, 0.1) is 0 Å². The van der Waals surface area contributed by atoms with Crippen LogP contribution in [-0.2, 0) is 6.54 Å². The lowest BCUT2D eigenvalue weighted by molar-refractivity contribution is 0.280. The van der Waals surface area contributed by atoms with Crippen molar-refractivity contribution in [2.75, 3.05) is 29.9 Å². The number of aromatic nitrogens is 3. The van der Waals surface area contributed by atoms with Crippen LogP contribution in [0.2, 0.25) is 0 Å². The SMILES string of the molecule is Cl.Cl.O=c1ccc2cnc(Nc3ccc(N4CCCCC4)cc3)nc2n1CCCO. The smallest absolute Gasteiger partial charge is 0.252 e.